The highest BCUT2D eigenvalue weighted by Gasteiger charge is 2.22. The molecule has 3 aromatic rings. The fraction of sp³-hybridized carbons (Fsp3) is 0.263. The summed E-state index contributed by atoms with van der Waals surface area (Å²) in [6.07, 6.45) is 0. The molecule has 0 saturated carbocycles. The predicted molar refractivity (Wildman–Crippen MR) is 111 cm³/mol. The van der Waals surface area contributed by atoms with Crippen molar-refractivity contribution in [2.45, 2.75) is 20.8 Å². The quantitative estimate of drug-likeness (QED) is 0.655. The molecule has 0 aliphatic carbocycles. The van der Waals surface area contributed by atoms with E-state index in [2.05, 4.69) is 10.3 Å². The molecule has 2 aromatic heterocycles. The minimum atomic E-state index is -0.343. The van der Waals surface area contributed by atoms with Crippen LogP contribution in [0.2, 0.25) is 5.02 Å². The summed E-state index contributed by atoms with van der Waals surface area (Å²) in [4.78, 5) is 18.6. The molecule has 0 unspecified atom stereocenters. The Hall–Kier alpha value is -2.51. The maximum absolute atomic E-state index is 12.9. The summed E-state index contributed by atoms with van der Waals surface area (Å²) in [5.74, 6) is 0.550. The number of nitrogens with zero attached hydrogens (tertiary/aromatic N) is 1. The maximum Gasteiger partial charge on any atom is 0.268 e. The molecule has 0 fully saturated rings. The first kappa shape index (κ1) is 19.3. The summed E-state index contributed by atoms with van der Waals surface area (Å²) >= 11 is 7.44. The van der Waals surface area contributed by atoms with Crippen LogP contribution in [0, 0.1) is 20.8 Å². The number of benzene rings is 1. The Balaban J connectivity index is 2.04. The summed E-state index contributed by atoms with van der Waals surface area (Å²) < 4.78 is 10.5. The average molecular weight is 406 g/mol. The Kier molecular flexibility index (Phi) is 5.17. The smallest absolute Gasteiger partial charge is 0.268 e. The zero-order valence-electron chi connectivity index (χ0n) is 15.7. The number of nitrogens with two attached hydrogens (primary N) is 1. The lowest BCUT2D eigenvalue weighted by atomic mass is 10.1. The van der Waals surface area contributed by atoms with E-state index in [9.17, 15) is 4.79 Å². The Morgan fingerprint density at radius 1 is 1.15 bits per heavy atom. The number of aromatic nitrogens is 1. The number of amides is 1. The highest BCUT2D eigenvalue weighted by atomic mass is 35.5. The van der Waals surface area contributed by atoms with Gasteiger partial charge in [0, 0.05) is 17.1 Å². The molecule has 3 rings (SSSR count). The fourth-order valence-electron chi connectivity index (χ4n) is 2.87. The third kappa shape index (κ3) is 3.28. The molecule has 142 valence electrons. The van der Waals surface area contributed by atoms with Crippen LogP contribution in [0.15, 0.2) is 12.1 Å². The molecule has 0 saturated heterocycles. The van der Waals surface area contributed by atoms with Crippen molar-refractivity contribution in [3.63, 3.8) is 0 Å². The molecule has 3 N–H and O–H groups in total. The number of fused-ring (bicyclic) bond motifs is 1. The van der Waals surface area contributed by atoms with Gasteiger partial charge in [-0.1, -0.05) is 11.6 Å². The van der Waals surface area contributed by atoms with Crippen molar-refractivity contribution in [1.29, 1.82) is 0 Å². The fourth-order valence-corrected chi connectivity index (χ4v) is 4.21. The normalized spacial score (nSPS) is 10.9. The number of nitrogen functional groups attached to an aromatic ring is 1. The second-order valence-corrected chi connectivity index (χ2v) is 7.52. The van der Waals surface area contributed by atoms with Gasteiger partial charge in [-0.15, -0.1) is 11.3 Å². The van der Waals surface area contributed by atoms with E-state index in [-0.39, 0.29) is 5.91 Å². The number of methoxy groups -OCH3 is 2. The zero-order valence-corrected chi connectivity index (χ0v) is 17.3. The molecule has 0 aliphatic rings. The van der Waals surface area contributed by atoms with Gasteiger partial charge in [0.2, 0.25) is 0 Å². The number of ether oxygens (including phenoxy) is 2. The number of carbonyl (C=O) groups excluding carboxylic acids is 1. The molecule has 0 atom stereocenters. The molecule has 6 nitrogen and oxygen atoms in total. The van der Waals surface area contributed by atoms with E-state index >= 15 is 0 Å². The molecule has 2 heterocycles. The van der Waals surface area contributed by atoms with Crippen LogP contribution in [0.25, 0.3) is 10.2 Å². The van der Waals surface area contributed by atoms with E-state index in [1.165, 1.54) is 25.6 Å². The molecule has 1 amide bonds. The van der Waals surface area contributed by atoms with Crippen LogP contribution in [0.3, 0.4) is 0 Å². The van der Waals surface area contributed by atoms with E-state index in [0.29, 0.717) is 32.8 Å². The van der Waals surface area contributed by atoms with Crippen LogP contribution in [0.1, 0.15) is 26.5 Å². The monoisotopic (exact) mass is 405 g/mol. The number of anilines is 2. The first-order chi connectivity index (χ1) is 12.8. The first-order valence-corrected chi connectivity index (χ1v) is 9.36. The van der Waals surface area contributed by atoms with Gasteiger partial charge in [0.15, 0.2) is 0 Å². The molecule has 27 heavy (non-hydrogen) atoms. The third-order valence-corrected chi connectivity index (χ3v) is 6.00. The number of hydrogen-bond acceptors (Lipinski definition) is 6. The number of thiophene rings is 1. The zero-order chi connectivity index (χ0) is 19.9. The minimum absolute atomic E-state index is 0.343. The summed E-state index contributed by atoms with van der Waals surface area (Å²) in [7, 11) is 3.01. The van der Waals surface area contributed by atoms with Crippen LogP contribution >= 0.6 is 22.9 Å². The summed E-state index contributed by atoms with van der Waals surface area (Å²) in [5.41, 5.74) is 10.2. The van der Waals surface area contributed by atoms with Crippen LogP contribution < -0.4 is 20.5 Å². The van der Waals surface area contributed by atoms with Crippen LogP contribution in [0.4, 0.5) is 11.4 Å². The van der Waals surface area contributed by atoms with Crippen molar-refractivity contribution in [3.8, 4) is 11.5 Å². The minimum Gasteiger partial charge on any atom is -0.495 e. The summed E-state index contributed by atoms with van der Waals surface area (Å²) in [6.45, 7) is 5.93. The molecule has 1 aromatic carbocycles. The van der Waals surface area contributed by atoms with Gasteiger partial charge in [0.05, 0.1) is 30.6 Å². The van der Waals surface area contributed by atoms with E-state index in [4.69, 9.17) is 26.8 Å². The average Bonchev–Trinajstić information content (AvgIpc) is 2.96. The van der Waals surface area contributed by atoms with Crippen molar-refractivity contribution in [2.75, 3.05) is 25.3 Å². The lowest BCUT2D eigenvalue weighted by Crippen LogP contribution is -2.13. The summed E-state index contributed by atoms with van der Waals surface area (Å²) in [5, 5.41) is 4.01. The number of nitrogens with one attached hydrogen (secondary N) is 1. The Labute approximate surface area is 166 Å². The standard InChI is InChI=1S/C19H20ClN3O3S/c1-8-9(2)15-16(21)17(27-19(15)22-10(8)3)18(24)23-12-6-11(20)13(25-4)7-14(12)26-5/h6-7H,21H2,1-5H3,(H,23,24). The van der Waals surface area contributed by atoms with Gasteiger partial charge in [-0.2, -0.15) is 0 Å². The topological polar surface area (TPSA) is 86.5 Å². The molecule has 0 aliphatic heterocycles. The predicted octanol–water partition coefficient (Wildman–Crippen LogP) is 4.73. The van der Waals surface area contributed by atoms with Gasteiger partial charge in [-0.05, 0) is 38.0 Å². The number of halogens is 1. The lowest BCUT2D eigenvalue weighted by molar-refractivity contribution is 0.103. The second kappa shape index (κ2) is 7.25. The van der Waals surface area contributed by atoms with Crippen molar-refractivity contribution in [2.24, 2.45) is 0 Å². The molecule has 8 heteroatoms. The van der Waals surface area contributed by atoms with E-state index in [0.717, 1.165) is 27.0 Å². The Morgan fingerprint density at radius 3 is 2.44 bits per heavy atom. The molecular weight excluding hydrogens is 386 g/mol. The summed E-state index contributed by atoms with van der Waals surface area (Å²) in [6, 6.07) is 3.20. The molecular formula is C19H20ClN3O3S. The van der Waals surface area contributed by atoms with Gasteiger partial charge < -0.3 is 20.5 Å². The Morgan fingerprint density at radius 2 is 1.81 bits per heavy atom. The SMILES string of the molecule is COc1cc(OC)c(NC(=O)c2sc3nc(C)c(C)c(C)c3c2N)cc1Cl. The van der Waals surface area contributed by atoms with Crippen molar-refractivity contribution < 1.29 is 14.3 Å². The highest BCUT2D eigenvalue weighted by molar-refractivity contribution is 7.21. The largest absolute Gasteiger partial charge is 0.495 e. The van der Waals surface area contributed by atoms with Crippen LogP contribution in [-0.4, -0.2) is 25.1 Å². The van der Waals surface area contributed by atoms with E-state index in [1.54, 1.807) is 12.1 Å². The highest BCUT2D eigenvalue weighted by Crippen LogP contribution is 2.39. The maximum atomic E-state index is 12.9. The van der Waals surface area contributed by atoms with E-state index < -0.39 is 0 Å². The van der Waals surface area contributed by atoms with Gasteiger partial charge in [0.25, 0.3) is 5.91 Å². The second-order valence-electron chi connectivity index (χ2n) is 6.11. The van der Waals surface area contributed by atoms with Gasteiger partial charge in [-0.3, -0.25) is 4.79 Å². The lowest BCUT2D eigenvalue weighted by Gasteiger charge is -2.13. The van der Waals surface area contributed by atoms with E-state index in [1.807, 2.05) is 20.8 Å². The number of hydrogen-bond donors (Lipinski definition) is 2. The molecule has 0 spiro atoms. The number of carbonyl (C=O) groups is 1. The van der Waals surface area contributed by atoms with Crippen LogP contribution in [0.5, 0.6) is 11.5 Å². The van der Waals surface area contributed by atoms with Crippen molar-refractivity contribution >= 4 is 50.4 Å². The number of aryl methyl sites for hydroxylation is 2. The number of pyridine rings is 1. The number of rotatable bonds is 4. The van der Waals surface area contributed by atoms with Crippen molar-refractivity contribution in [3.05, 3.63) is 38.9 Å². The first-order valence-electron chi connectivity index (χ1n) is 8.17. The van der Waals surface area contributed by atoms with Gasteiger partial charge in [-0.25, -0.2) is 4.98 Å². The van der Waals surface area contributed by atoms with Gasteiger partial charge >= 0.3 is 0 Å². The molecule has 0 radical (unpaired) electrons. The molecule has 0 bridgehead atoms. The Bertz CT molecular complexity index is 1060. The van der Waals surface area contributed by atoms with Crippen molar-refractivity contribution in [1.82, 2.24) is 4.98 Å². The van der Waals surface area contributed by atoms with Crippen LogP contribution in [-0.2, 0) is 0 Å². The van der Waals surface area contributed by atoms with Gasteiger partial charge in [0.1, 0.15) is 21.2 Å². The third-order valence-electron chi connectivity index (χ3n) is 4.60.